The van der Waals surface area contributed by atoms with Crippen molar-refractivity contribution in [3.05, 3.63) is 110 Å². The Morgan fingerprint density at radius 2 is 1.56 bits per heavy atom. The third kappa shape index (κ3) is 11.5. The van der Waals surface area contributed by atoms with Crippen LogP contribution in [0.5, 0.6) is 0 Å². The number of pyridine rings is 2. The number of aromatic nitrogens is 2. The van der Waals surface area contributed by atoms with Gasteiger partial charge in [0.25, 0.3) is 23.3 Å². The van der Waals surface area contributed by atoms with Crippen LogP contribution in [0.25, 0.3) is 22.3 Å². The number of carbonyl (C=O) groups is 9. The number of unbranched alkanes of at least 4 members (excludes halogenated alkanes) is 2. The summed E-state index contributed by atoms with van der Waals surface area (Å²) < 4.78 is 28.6. The van der Waals surface area contributed by atoms with E-state index in [1.165, 1.54) is 22.8 Å². The maximum absolute atomic E-state index is 15.6. The molecule has 1 saturated carbocycles. The zero-order valence-electron chi connectivity index (χ0n) is 43.9. The number of hydrogen-bond acceptors (Lipinski definition) is 14. The van der Waals surface area contributed by atoms with E-state index in [1.54, 1.807) is 50.2 Å². The highest BCUT2D eigenvalue weighted by Crippen LogP contribution is 2.46. The molecule has 0 saturated heterocycles. The van der Waals surface area contributed by atoms with Gasteiger partial charge in [-0.05, 0) is 93.0 Å². The number of hydrogen-bond donors (Lipinski definition) is 7. The summed E-state index contributed by atoms with van der Waals surface area (Å²) in [7, 11) is 0. The zero-order chi connectivity index (χ0) is 56.2. The quantitative estimate of drug-likeness (QED) is 0.0224. The number of carbonyl (C=O) groups excluding carboxylic acids is 9. The number of nitrogens with zero attached hydrogens (tertiary/aromatic N) is 3. The number of imide groups is 1. The van der Waals surface area contributed by atoms with Gasteiger partial charge in [0.15, 0.2) is 5.60 Å². The Hall–Kier alpha value is -8.18. The van der Waals surface area contributed by atoms with E-state index in [0.29, 0.717) is 102 Å². The van der Waals surface area contributed by atoms with Gasteiger partial charge in [0.1, 0.15) is 30.8 Å². The van der Waals surface area contributed by atoms with Gasteiger partial charge in [-0.15, -0.1) is 0 Å². The molecule has 0 bridgehead atoms. The Bertz CT molecular complexity index is 3250. The SMILES string of the molecule is CC[C@@]1(O)C(=O)OCc2c1cc1n(c2=O)Cc2c-1nc1cc(F)c(C)c3c1c2[C@@H](NC(=O)C1(OCNC(=O)CNC(=O)[C@H](Cc2ccccc2)NC(=O)CNC(=O)CNC(=O)CCCCCN2C(=O)C=CC2=O)CCCC1)CC3. The highest BCUT2D eigenvalue weighted by Gasteiger charge is 2.47. The van der Waals surface area contributed by atoms with Gasteiger partial charge in [-0.25, -0.2) is 14.2 Å². The molecule has 5 heterocycles. The minimum absolute atomic E-state index is 0.0391. The van der Waals surface area contributed by atoms with Gasteiger partial charge in [-0.2, -0.15) is 0 Å². The molecular weight excluding hydrogens is 1030 g/mol. The number of halogens is 1. The minimum atomic E-state index is -2.06. The highest BCUT2D eigenvalue weighted by molar-refractivity contribution is 6.12. The van der Waals surface area contributed by atoms with Crippen molar-refractivity contribution in [2.24, 2.45) is 0 Å². The molecule has 2 aromatic carbocycles. The van der Waals surface area contributed by atoms with E-state index in [9.17, 15) is 53.1 Å². The Morgan fingerprint density at radius 1 is 0.861 bits per heavy atom. The molecule has 8 amide bonds. The standard InChI is InChI=1S/C56H62FN9O13/c1-3-56(77)36-23-41-50-34(28-66(41)52(74)35(36)29-78-54(56)76)49-38(16-15-33-31(2)37(57)24-39(63-50)48(33)49)64-53(75)55(19-9-10-20-55)79-30-61-44(69)26-60-51(73)40(22-32-12-6-4-7-13-32)62-45(70)27-59-43(68)25-58-42(67)14-8-5-11-21-65-46(71)17-18-47(65)72/h4,6-7,12-13,17-18,23-24,38,40,77H,3,5,8-11,14-16,19-22,25-30H2,1-2H3,(H,58,67)(H,59,68)(H,60,73)(H,61,69)(H,62,70)(H,64,75)/t38-,40-,56-/m0/s1. The van der Waals surface area contributed by atoms with Gasteiger partial charge in [-0.1, -0.05) is 43.7 Å². The molecule has 7 N–H and O–H groups in total. The number of cyclic esters (lactones) is 1. The van der Waals surface area contributed by atoms with Crippen LogP contribution in [0, 0.1) is 12.7 Å². The number of amides is 8. The fourth-order valence-electron chi connectivity index (χ4n) is 11.2. The first-order chi connectivity index (χ1) is 37.9. The number of aliphatic hydroxyl groups is 1. The second-order valence-corrected chi connectivity index (χ2v) is 20.5. The predicted molar refractivity (Wildman–Crippen MR) is 279 cm³/mol. The first kappa shape index (κ1) is 55.6. The number of ether oxygens (including phenoxy) is 2. The van der Waals surface area contributed by atoms with Crippen LogP contribution in [-0.2, 0) is 84.2 Å². The third-order valence-corrected chi connectivity index (χ3v) is 15.6. The number of fused-ring (bicyclic) bond motifs is 5. The molecule has 0 spiro atoms. The average molecular weight is 1090 g/mol. The molecule has 2 aliphatic carbocycles. The average Bonchev–Trinajstić information content (AvgIpc) is 3.69. The molecule has 3 aliphatic heterocycles. The molecule has 22 nitrogen and oxygen atoms in total. The maximum atomic E-state index is 15.6. The molecular formula is C56H62FN9O13. The molecule has 1 fully saturated rings. The molecule has 79 heavy (non-hydrogen) atoms. The molecule has 3 atom stereocenters. The summed E-state index contributed by atoms with van der Waals surface area (Å²) in [6, 6.07) is 9.92. The number of nitrogens with one attached hydrogen (secondary N) is 6. The van der Waals surface area contributed by atoms with E-state index in [-0.39, 0.29) is 61.9 Å². The summed E-state index contributed by atoms with van der Waals surface area (Å²) in [5.41, 5.74) is 0.619. The smallest absolute Gasteiger partial charge is 0.343 e. The van der Waals surface area contributed by atoms with Crippen molar-refractivity contribution in [1.82, 2.24) is 46.4 Å². The second kappa shape index (κ2) is 23.4. The van der Waals surface area contributed by atoms with Crippen molar-refractivity contribution >= 4 is 64.1 Å². The van der Waals surface area contributed by atoms with Crippen LogP contribution >= 0.6 is 0 Å². The predicted octanol–water partition coefficient (Wildman–Crippen LogP) is 1.60. The van der Waals surface area contributed by atoms with Gasteiger partial charge < -0.3 is 51.0 Å². The van der Waals surface area contributed by atoms with Crippen molar-refractivity contribution in [2.45, 2.75) is 127 Å². The van der Waals surface area contributed by atoms with E-state index in [0.717, 1.165) is 10.5 Å². The number of rotatable bonds is 22. The summed E-state index contributed by atoms with van der Waals surface area (Å²) in [6.45, 7) is 1.45. The van der Waals surface area contributed by atoms with Crippen LogP contribution in [0.15, 0.2) is 59.4 Å². The summed E-state index contributed by atoms with van der Waals surface area (Å²) in [6.07, 6.45) is 6.83. The first-order valence-corrected chi connectivity index (χ1v) is 26.6. The number of esters is 1. The third-order valence-electron chi connectivity index (χ3n) is 15.6. The molecule has 0 radical (unpaired) electrons. The van der Waals surface area contributed by atoms with Crippen LogP contribution in [0.3, 0.4) is 0 Å². The summed E-state index contributed by atoms with van der Waals surface area (Å²) >= 11 is 0. The van der Waals surface area contributed by atoms with Gasteiger partial charge in [0.2, 0.25) is 29.5 Å². The van der Waals surface area contributed by atoms with Crippen molar-refractivity contribution in [3.8, 4) is 11.4 Å². The van der Waals surface area contributed by atoms with E-state index in [1.807, 2.05) is 0 Å². The Kier molecular flexibility index (Phi) is 16.5. The lowest BCUT2D eigenvalue weighted by atomic mass is 9.81. The molecule has 4 aromatic rings. The maximum Gasteiger partial charge on any atom is 0.343 e. The summed E-state index contributed by atoms with van der Waals surface area (Å²) in [5, 5.41) is 28.0. The summed E-state index contributed by atoms with van der Waals surface area (Å²) in [5.74, 6) is -5.61. The van der Waals surface area contributed by atoms with Crippen LogP contribution in [0.2, 0.25) is 0 Å². The van der Waals surface area contributed by atoms with Crippen LogP contribution < -0.4 is 37.5 Å². The van der Waals surface area contributed by atoms with E-state index >= 15 is 4.39 Å². The first-order valence-electron chi connectivity index (χ1n) is 26.6. The molecule has 9 rings (SSSR count). The molecule has 5 aliphatic rings. The van der Waals surface area contributed by atoms with E-state index in [2.05, 4.69) is 31.9 Å². The fourth-order valence-corrected chi connectivity index (χ4v) is 11.2. The Balaban J connectivity index is 0.790. The normalized spacial score (nSPS) is 18.8. The van der Waals surface area contributed by atoms with Crippen molar-refractivity contribution in [1.29, 1.82) is 0 Å². The molecule has 416 valence electrons. The Morgan fingerprint density at radius 3 is 2.29 bits per heavy atom. The fraction of sp³-hybridized carbons (Fsp3) is 0.446. The molecule has 23 heteroatoms. The van der Waals surface area contributed by atoms with Crippen LogP contribution in [0.1, 0.15) is 116 Å². The van der Waals surface area contributed by atoms with Gasteiger partial charge in [-0.3, -0.25) is 48.1 Å². The van der Waals surface area contributed by atoms with Crippen molar-refractivity contribution in [2.75, 3.05) is 32.9 Å². The monoisotopic (exact) mass is 1090 g/mol. The topological polar surface area (TPSA) is 303 Å². The molecule has 0 unspecified atom stereocenters. The van der Waals surface area contributed by atoms with Crippen LogP contribution in [0.4, 0.5) is 4.39 Å². The van der Waals surface area contributed by atoms with Gasteiger partial charge in [0, 0.05) is 54.1 Å². The minimum Gasteiger partial charge on any atom is -0.458 e. The molecule has 2 aromatic heterocycles. The van der Waals surface area contributed by atoms with E-state index < -0.39 is 102 Å². The van der Waals surface area contributed by atoms with Gasteiger partial charge >= 0.3 is 5.97 Å². The Labute approximate surface area is 452 Å². The number of benzene rings is 2. The highest BCUT2D eigenvalue weighted by atomic mass is 19.1. The second-order valence-electron chi connectivity index (χ2n) is 20.5. The van der Waals surface area contributed by atoms with E-state index in [4.69, 9.17) is 14.5 Å². The summed E-state index contributed by atoms with van der Waals surface area (Å²) in [4.78, 5) is 136. The lowest BCUT2D eigenvalue weighted by Crippen LogP contribution is -2.53. The number of aryl methyl sites for hydroxylation is 1. The lowest BCUT2D eigenvalue weighted by molar-refractivity contribution is -0.172. The van der Waals surface area contributed by atoms with Crippen molar-refractivity contribution in [3.63, 3.8) is 0 Å². The van der Waals surface area contributed by atoms with Gasteiger partial charge in [0.05, 0.1) is 54.7 Å². The van der Waals surface area contributed by atoms with Crippen molar-refractivity contribution < 1.29 is 62.1 Å². The lowest BCUT2D eigenvalue weighted by Gasteiger charge is -2.34. The zero-order valence-corrected chi connectivity index (χ0v) is 43.9. The largest absolute Gasteiger partial charge is 0.458 e. The van der Waals surface area contributed by atoms with Crippen LogP contribution in [-0.4, -0.2) is 117 Å².